The van der Waals surface area contributed by atoms with E-state index in [0.717, 1.165) is 24.3 Å². The molecule has 2 nitrogen and oxygen atoms in total. The summed E-state index contributed by atoms with van der Waals surface area (Å²) < 4.78 is 107. The minimum atomic E-state index is -4.66. The van der Waals surface area contributed by atoms with Crippen LogP contribution >= 0.6 is 0 Å². The van der Waals surface area contributed by atoms with Crippen LogP contribution in [0.2, 0.25) is 0 Å². The highest BCUT2D eigenvalue weighted by atomic mass is 32.2. The predicted octanol–water partition coefficient (Wildman–Crippen LogP) is 4.84. The van der Waals surface area contributed by atoms with Gasteiger partial charge in [-0.3, -0.25) is 4.21 Å². The number of ether oxygens (including phenoxy) is 1. The van der Waals surface area contributed by atoms with E-state index in [2.05, 4.69) is 0 Å². The monoisotopic (exact) mass is 414 g/mol. The minimum Gasteiger partial charge on any atom is -0.490 e. The van der Waals surface area contributed by atoms with Crippen molar-refractivity contribution in [2.45, 2.75) is 24.4 Å². The van der Waals surface area contributed by atoms with Crippen LogP contribution in [-0.2, 0) is 17.2 Å². The Balaban J connectivity index is 2.12. The van der Waals surface area contributed by atoms with Crippen LogP contribution < -0.4 is 4.74 Å². The van der Waals surface area contributed by atoms with E-state index in [0.29, 0.717) is 0 Å². The number of halogens is 7. The molecule has 0 aliphatic carbocycles. The molecular weight excluding hydrogens is 401 g/mol. The van der Waals surface area contributed by atoms with Crippen LogP contribution in [-0.4, -0.2) is 22.7 Å². The first-order chi connectivity index (χ1) is 12.5. The van der Waals surface area contributed by atoms with Gasteiger partial charge in [0.15, 0.2) is 29.0 Å². The van der Waals surface area contributed by atoms with E-state index in [9.17, 15) is 34.9 Å². The Bertz CT molecular complexity index is 842. The lowest BCUT2D eigenvalue weighted by atomic mass is 10.1. The lowest BCUT2D eigenvalue weighted by Gasteiger charge is -2.13. The minimum absolute atomic E-state index is 0.0415. The van der Waals surface area contributed by atoms with Gasteiger partial charge < -0.3 is 4.74 Å². The Morgan fingerprint density at radius 1 is 0.963 bits per heavy atom. The van der Waals surface area contributed by atoms with Gasteiger partial charge in [-0.15, -0.1) is 0 Å². The second-order valence-corrected chi connectivity index (χ2v) is 7.04. The molecule has 0 N–H and O–H groups in total. The SMILES string of the molecule is Cc1cc(F)c(OCCc2cc(F)c(F)c(F)c2)cc1S(=O)CC(F)(F)F. The predicted molar refractivity (Wildman–Crippen MR) is 84.0 cm³/mol. The van der Waals surface area contributed by atoms with Crippen LogP contribution in [0.5, 0.6) is 5.75 Å². The van der Waals surface area contributed by atoms with E-state index in [-0.39, 0.29) is 29.1 Å². The van der Waals surface area contributed by atoms with Crippen molar-refractivity contribution in [3.63, 3.8) is 0 Å². The fraction of sp³-hybridized carbons (Fsp3) is 0.294. The third kappa shape index (κ3) is 5.69. The van der Waals surface area contributed by atoms with Crippen molar-refractivity contribution in [3.8, 4) is 5.75 Å². The van der Waals surface area contributed by atoms with E-state index >= 15 is 0 Å². The van der Waals surface area contributed by atoms with Crippen molar-refractivity contribution in [2.24, 2.45) is 0 Å². The van der Waals surface area contributed by atoms with Gasteiger partial charge in [0.05, 0.1) is 17.4 Å². The third-order valence-corrected chi connectivity index (χ3v) is 4.98. The van der Waals surface area contributed by atoms with Gasteiger partial charge in [-0.2, -0.15) is 13.2 Å². The summed E-state index contributed by atoms with van der Waals surface area (Å²) in [4.78, 5) is -0.234. The Morgan fingerprint density at radius 2 is 1.56 bits per heavy atom. The highest BCUT2D eigenvalue weighted by molar-refractivity contribution is 7.85. The Labute approximate surface area is 152 Å². The molecular formula is C17H13F7O2S. The van der Waals surface area contributed by atoms with E-state index in [1.54, 1.807) is 0 Å². The first kappa shape index (κ1) is 21.2. The van der Waals surface area contributed by atoms with Crippen LogP contribution in [0, 0.1) is 30.2 Å². The van der Waals surface area contributed by atoms with Gasteiger partial charge in [-0.05, 0) is 42.3 Å². The first-order valence-electron chi connectivity index (χ1n) is 7.49. The fourth-order valence-electron chi connectivity index (χ4n) is 2.25. The first-order valence-corrected chi connectivity index (χ1v) is 8.81. The zero-order chi connectivity index (χ0) is 20.4. The van der Waals surface area contributed by atoms with Crippen LogP contribution in [0.1, 0.15) is 11.1 Å². The normalized spacial score (nSPS) is 12.9. The topological polar surface area (TPSA) is 26.3 Å². The number of aryl methyl sites for hydroxylation is 1. The molecule has 0 fully saturated rings. The average molecular weight is 414 g/mol. The maximum Gasteiger partial charge on any atom is 0.400 e. The lowest BCUT2D eigenvalue weighted by molar-refractivity contribution is -0.105. The van der Waals surface area contributed by atoms with Crippen LogP contribution in [0.4, 0.5) is 30.7 Å². The second-order valence-electron chi connectivity index (χ2n) is 5.63. The second kappa shape index (κ2) is 8.28. The molecule has 0 amide bonds. The van der Waals surface area contributed by atoms with E-state index < -0.39 is 51.7 Å². The van der Waals surface area contributed by atoms with Crippen molar-refractivity contribution in [1.29, 1.82) is 0 Å². The lowest BCUT2D eigenvalue weighted by Crippen LogP contribution is -2.19. The summed E-state index contributed by atoms with van der Waals surface area (Å²) in [6.07, 6.45) is -4.79. The molecule has 148 valence electrons. The zero-order valence-corrected chi connectivity index (χ0v) is 14.6. The molecule has 1 atom stereocenters. The molecule has 2 aromatic rings. The molecule has 10 heteroatoms. The summed E-state index contributed by atoms with van der Waals surface area (Å²) in [6.45, 7) is 1.01. The summed E-state index contributed by atoms with van der Waals surface area (Å²) in [5.41, 5.74) is 0.102. The highest BCUT2D eigenvalue weighted by Crippen LogP contribution is 2.27. The summed E-state index contributed by atoms with van der Waals surface area (Å²) in [5, 5.41) is 0. The number of alkyl halides is 3. The smallest absolute Gasteiger partial charge is 0.400 e. The Morgan fingerprint density at radius 3 is 2.11 bits per heavy atom. The molecule has 2 aromatic carbocycles. The number of rotatable bonds is 6. The summed E-state index contributed by atoms with van der Waals surface area (Å²) in [7, 11) is -2.45. The van der Waals surface area contributed by atoms with Gasteiger partial charge in [-0.1, -0.05) is 0 Å². The number of benzene rings is 2. The molecule has 1 unspecified atom stereocenters. The van der Waals surface area contributed by atoms with Crippen LogP contribution in [0.3, 0.4) is 0 Å². The molecule has 0 spiro atoms. The molecule has 2 rings (SSSR count). The van der Waals surface area contributed by atoms with Gasteiger partial charge in [0.25, 0.3) is 0 Å². The van der Waals surface area contributed by atoms with E-state index in [1.165, 1.54) is 6.92 Å². The van der Waals surface area contributed by atoms with Crippen molar-refractivity contribution in [1.82, 2.24) is 0 Å². The number of hydrogen-bond donors (Lipinski definition) is 0. The fourth-order valence-corrected chi connectivity index (χ4v) is 3.36. The molecule has 0 saturated heterocycles. The highest BCUT2D eigenvalue weighted by Gasteiger charge is 2.32. The maximum atomic E-state index is 13.9. The van der Waals surface area contributed by atoms with E-state index in [1.807, 2.05) is 0 Å². The molecule has 0 bridgehead atoms. The molecule has 27 heavy (non-hydrogen) atoms. The standard InChI is InChI=1S/C17H13F7O2S/c1-9-4-11(18)14(7-15(9)27(25)8-17(22,23)24)26-3-2-10-5-12(19)16(21)13(20)6-10/h4-7H,2-3,8H2,1H3. The van der Waals surface area contributed by atoms with Gasteiger partial charge in [-0.25, -0.2) is 17.6 Å². The van der Waals surface area contributed by atoms with Crippen LogP contribution in [0.25, 0.3) is 0 Å². The van der Waals surface area contributed by atoms with E-state index in [4.69, 9.17) is 4.74 Å². The average Bonchev–Trinajstić information content (AvgIpc) is 2.52. The molecule has 0 saturated carbocycles. The third-order valence-electron chi connectivity index (χ3n) is 3.46. The largest absolute Gasteiger partial charge is 0.490 e. The quantitative estimate of drug-likeness (QED) is 0.499. The molecule has 0 aromatic heterocycles. The molecule has 0 radical (unpaired) electrons. The van der Waals surface area contributed by atoms with Crippen molar-refractivity contribution < 1.29 is 39.7 Å². The van der Waals surface area contributed by atoms with Crippen molar-refractivity contribution in [3.05, 3.63) is 58.7 Å². The van der Waals surface area contributed by atoms with Gasteiger partial charge in [0, 0.05) is 11.3 Å². The Hall–Kier alpha value is -2.10. The summed E-state index contributed by atoms with van der Waals surface area (Å²) >= 11 is 0. The summed E-state index contributed by atoms with van der Waals surface area (Å²) in [6, 6.07) is 3.28. The van der Waals surface area contributed by atoms with Gasteiger partial charge in [0.1, 0.15) is 5.75 Å². The van der Waals surface area contributed by atoms with Gasteiger partial charge in [0.2, 0.25) is 0 Å². The molecule has 0 heterocycles. The Kier molecular flexibility index (Phi) is 6.50. The zero-order valence-electron chi connectivity index (χ0n) is 13.8. The number of hydrogen-bond acceptors (Lipinski definition) is 2. The molecule has 0 aliphatic rings. The summed E-state index contributed by atoms with van der Waals surface area (Å²) in [5.74, 6) is -7.34. The molecule has 0 aliphatic heterocycles. The van der Waals surface area contributed by atoms with Crippen molar-refractivity contribution >= 4 is 10.8 Å². The maximum absolute atomic E-state index is 13.9. The van der Waals surface area contributed by atoms with Crippen molar-refractivity contribution in [2.75, 3.05) is 12.4 Å². The van der Waals surface area contributed by atoms with Crippen LogP contribution in [0.15, 0.2) is 29.2 Å². The van der Waals surface area contributed by atoms with Gasteiger partial charge >= 0.3 is 6.18 Å².